The Hall–Kier alpha value is -0.370. The summed E-state index contributed by atoms with van der Waals surface area (Å²) in [6.45, 7) is 6.98. The molecule has 1 fully saturated rings. The summed E-state index contributed by atoms with van der Waals surface area (Å²) in [5, 5.41) is 0. The number of Topliss-reactive ketones (excluding diaryl/α,β-unsaturated/α-hetero) is 1. The number of ether oxygens (including phenoxy) is 1. The lowest BCUT2D eigenvalue weighted by Crippen LogP contribution is -2.34. The molecule has 1 atom stereocenters. The number of ketones is 1. The molecule has 1 saturated heterocycles. The lowest BCUT2D eigenvalue weighted by molar-refractivity contribution is -0.137. The van der Waals surface area contributed by atoms with Crippen molar-refractivity contribution in [2.45, 2.75) is 52.1 Å². The average Bonchev–Trinajstić information content (AvgIpc) is 2.49. The van der Waals surface area contributed by atoms with Gasteiger partial charge in [-0.25, -0.2) is 0 Å². The second-order valence-corrected chi connectivity index (χ2v) is 4.54. The summed E-state index contributed by atoms with van der Waals surface area (Å²) < 4.78 is 5.48. The van der Waals surface area contributed by atoms with Gasteiger partial charge in [-0.05, 0) is 32.1 Å². The van der Waals surface area contributed by atoms with Gasteiger partial charge in [-0.1, -0.05) is 13.8 Å². The molecule has 2 heteroatoms. The van der Waals surface area contributed by atoms with Gasteiger partial charge in [0.25, 0.3) is 0 Å². The Morgan fingerprint density at radius 2 is 2.23 bits per heavy atom. The molecule has 0 aromatic rings. The van der Waals surface area contributed by atoms with Crippen LogP contribution in [-0.4, -0.2) is 18.0 Å². The van der Waals surface area contributed by atoms with Crippen molar-refractivity contribution in [3.05, 3.63) is 0 Å². The van der Waals surface area contributed by atoms with Crippen LogP contribution >= 0.6 is 0 Å². The maximum Gasteiger partial charge on any atom is 0.164 e. The third kappa shape index (κ3) is 2.80. The standard InChI is InChI=1S/C11H20O2/c1-9(2)5-6-10(12)11(3)7-4-8-13-11/h9H,4-8H2,1-3H3. The molecule has 0 amide bonds. The van der Waals surface area contributed by atoms with Gasteiger partial charge < -0.3 is 4.74 Å². The number of carbonyl (C=O) groups excluding carboxylic acids is 1. The topological polar surface area (TPSA) is 26.3 Å². The van der Waals surface area contributed by atoms with Gasteiger partial charge in [-0.15, -0.1) is 0 Å². The Morgan fingerprint density at radius 1 is 1.54 bits per heavy atom. The van der Waals surface area contributed by atoms with Crippen LogP contribution in [-0.2, 0) is 9.53 Å². The van der Waals surface area contributed by atoms with E-state index in [1.54, 1.807) is 0 Å². The second-order valence-electron chi connectivity index (χ2n) is 4.54. The zero-order valence-corrected chi connectivity index (χ0v) is 8.93. The van der Waals surface area contributed by atoms with E-state index in [4.69, 9.17) is 4.74 Å². The molecule has 1 aliphatic heterocycles. The van der Waals surface area contributed by atoms with Crippen molar-refractivity contribution in [3.8, 4) is 0 Å². The molecule has 1 heterocycles. The van der Waals surface area contributed by atoms with Gasteiger partial charge in [-0.3, -0.25) is 4.79 Å². The van der Waals surface area contributed by atoms with Crippen molar-refractivity contribution < 1.29 is 9.53 Å². The Kier molecular flexibility index (Phi) is 3.48. The van der Waals surface area contributed by atoms with Crippen LogP contribution in [0.4, 0.5) is 0 Å². The van der Waals surface area contributed by atoms with Crippen molar-refractivity contribution in [1.82, 2.24) is 0 Å². The van der Waals surface area contributed by atoms with E-state index in [-0.39, 0.29) is 0 Å². The van der Waals surface area contributed by atoms with E-state index in [2.05, 4.69) is 13.8 Å². The van der Waals surface area contributed by atoms with Crippen LogP contribution in [0.1, 0.15) is 46.5 Å². The fourth-order valence-corrected chi connectivity index (χ4v) is 1.68. The SMILES string of the molecule is CC(C)CCC(=O)C1(C)CCCO1. The van der Waals surface area contributed by atoms with Crippen LogP contribution in [0, 0.1) is 5.92 Å². The van der Waals surface area contributed by atoms with Crippen LogP contribution in [0.3, 0.4) is 0 Å². The third-order valence-corrected chi connectivity index (χ3v) is 2.76. The molecule has 0 saturated carbocycles. The molecule has 0 spiro atoms. The summed E-state index contributed by atoms with van der Waals surface area (Å²) in [5.74, 6) is 0.896. The minimum absolute atomic E-state index is 0.290. The average molecular weight is 184 g/mol. The van der Waals surface area contributed by atoms with Gasteiger partial charge >= 0.3 is 0 Å². The zero-order valence-electron chi connectivity index (χ0n) is 8.93. The molecule has 1 unspecified atom stereocenters. The first-order chi connectivity index (χ1) is 6.04. The number of rotatable bonds is 4. The first-order valence-corrected chi connectivity index (χ1v) is 5.22. The van der Waals surface area contributed by atoms with Crippen LogP contribution in [0.15, 0.2) is 0 Å². The predicted molar refractivity (Wildman–Crippen MR) is 52.7 cm³/mol. The third-order valence-electron chi connectivity index (χ3n) is 2.76. The fraction of sp³-hybridized carbons (Fsp3) is 0.909. The van der Waals surface area contributed by atoms with Crippen LogP contribution < -0.4 is 0 Å². The lowest BCUT2D eigenvalue weighted by Gasteiger charge is -2.21. The number of carbonyl (C=O) groups is 1. The largest absolute Gasteiger partial charge is 0.368 e. The minimum Gasteiger partial charge on any atom is -0.368 e. The number of hydrogen-bond acceptors (Lipinski definition) is 2. The van der Waals surface area contributed by atoms with Crippen molar-refractivity contribution in [3.63, 3.8) is 0 Å². The van der Waals surface area contributed by atoms with E-state index in [1.807, 2.05) is 6.92 Å². The maximum atomic E-state index is 11.7. The highest BCUT2D eigenvalue weighted by Crippen LogP contribution is 2.27. The monoisotopic (exact) mass is 184 g/mol. The molecule has 0 aliphatic carbocycles. The normalized spacial score (nSPS) is 28.3. The summed E-state index contributed by atoms with van der Waals surface area (Å²) in [6.07, 6.45) is 3.60. The highest BCUT2D eigenvalue weighted by Gasteiger charge is 2.36. The minimum atomic E-state index is -0.450. The summed E-state index contributed by atoms with van der Waals surface area (Å²) in [5.41, 5.74) is -0.450. The van der Waals surface area contributed by atoms with Gasteiger partial charge in [0.2, 0.25) is 0 Å². The first-order valence-electron chi connectivity index (χ1n) is 5.22. The fourth-order valence-electron chi connectivity index (χ4n) is 1.68. The summed E-state index contributed by atoms with van der Waals surface area (Å²) >= 11 is 0. The predicted octanol–water partition coefficient (Wildman–Crippen LogP) is 2.56. The zero-order chi connectivity index (χ0) is 9.90. The Bertz CT molecular complexity index is 179. The molecule has 0 aromatic heterocycles. The van der Waals surface area contributed by atoms with E-state index in [9.17, 15) is 4.79 Å². The van der Waals surface area contributed by atoms with Crippen molar-refractivity contribution in [2.75, 3.05) is 6.61 Å². The van der Waals surface area contributed by atoms with E-state index in [1.165, 1.54) is 0 Å². The molecular formula is C11H20O2. The van der Waals surface area contributed by atoms with E-state index in [0.717, 1.165) is 25.9 Å². The molecule has 0 aromatic carbocycles. The van der Waals surface area contributed by atoms with Gasteiger partial charge in [0.1, 0.15) is 5.60 Å². The van der Waals surface area contributed by atoms with Gasteiger partial charge in [-0.2, -0.15) is 0 Å². The molecule has 0 radical (unpaired) electrons. The Morgan fingerprint density at radius 3 is 2.69 bits per heavy atom. The number of hydrogen-bond donors (Lipinski definition) is 0. The summed E-state index contributed by atoms with van der Waals surface area (Å²) in [7, 11) is 0. The lowest BCUT2D eigenvalue weighted by atomic mass is 9.92. The summed E-state index contributed by atoms with van der Waals surface area (Å²) in [4.78, 5) is 11.7. The summed E-state index contributed by atoms with van der Waals surface area (Å²) in [6, 6.07) is 0. The maximum absolute atomic E-state index is 11.7. The van der Waals surface area contributed by atoms with E-state index >= 15 is 0 Å². The Labute approximate surface area is 80.7 Å². The molecule has 13 heavy (non-hydrogen) atoms. The molecule has 76 valence electrons. The molecule has 2 nitrogen and oxygen atoms in total. The van der Waals surface area contributed by atoms with Crippen molar-refractivity contribution >= 4 is 5.78 Å². The van der Waals surface area contributed by atoms with Crippen molar-refractivity contribution in [1.29, 1.82) is 0 Å². The Balaban J connectivity index is 2.38. The van der Waals surface area contributed by atoms with Crippen molar-refractivity contribution in [2.24, 2.45) is 5.92 Å². The van der Waals surface area contributed by atoms with E-state index < -0.39 is 5.60 Å². The smallest absolute Gasteiger partial charge is 0.164 e. The quantitative estimate of drug-likeness (QED) is 0.671. The highest BCUT2D eigenvalue weighted by atomic mass is 16.5. The molecule has 1 aliphatic rings. The van der Waals surface area contributed by atoms with Gasteiger partial charge in [0.05, 0.1) is 0 Å². The molecular weight excluding hydrogens is 164 g/mol. The van der Waals surface area contributed by atoms with E-state index in [0.29, 0.717) is 18.1 Å². The van der Waals surface area contributed by atoms with Gasteiger partial charge in [0.15, 0.2) is 5.78 Å². The second kappa shape index (κ2) is 4.23. The van der Waals surface area contributed by atoms with Crippen LogP contribution in [0.5, 0.6) is 0 Å². The highest BCUT2D eigenvalue weighted by molar-refractivity contribution is 5.87. The van der Waals surface area contributed by atoms with Crippen LogP contribution in [0.25, 0.3) is 0 Å². The molecule has 0 N–H and O–H groups in total. The first kappa shape index (κ1) is 10.7. The molecule has 0 bridgehead atoms. The van der Waals surface area contributed by atoms with Crippen LogP contribution in [0.2, 0.25) is 0 Å². The van der Waals surface area contributed by atoms with Gasteiger partial charge in [0, 0.05) is 13.0 Å². The molecule has 1 rings (SSSR count).